The topological polar surface area (TPSA) is 71.3 Å². The van der Waals surface area contributed by atoms with Crippen molar-refractivity contribution in [3.63, 3.8) is 0 Å². The largest absolute Gasteiger partial charge is 0.480 e. The number of nitrogens with one attached hydrogen (secondary N) is 1. The minimum atomic E-state index is -1.02. The van der Waals surface area contributed by atoms with Gasteiger partial charge in [0.05, 0.1) is 0 Å². The zero-order chi connectivity index (χ0) is 14.0. The lowest BCUT2D eigenvalue weighted by Gasteiger charge is -2.12. The van der Waals surface area contributed by atoms with E-state index in [-0.39, 0.29) is 12.3 Å². The predicted molar refractivity (Wildman–Crippen MR) is 71.9 cm³/mol. The Labute approximate surface area is 110 Å². The van der Waals surface area contributed by atoms with E-state index in [0.29, 0.717) is 0 Å². The molecular formula is C14H16N2O3. The van der Waals surface area contributed by atoms with Crippen molar-refractivity contribution in [1.82, 2.24) is 9.88 Å². The van der Waals surface area contributed by atoms with Crippen molar-refractivity contribution in [2.24, 2.45) is 7.05 Å². The number of nitrogens with zero attached hydrogens (tertiary/aromatic N) is 1. The van der Waals surface area contributed by atoms with Crippen LogP contribution in [0.1, 0.15) is 12.5 Å². The molecule has 1 atom stereocenters. The molecule has 0 radical (unpaired) electrons. The van der Waals surface area contributed by atoms with Crippen LogP contribution in [0.25, 0.3) is 10.9 Å². The highest BCUT2D eigenvalue weighted by atomic mass is 16.4. The Morgan fingerprint density at radius 3 is 2.68 bits per heavy atom. The quantitative estimate of drug-likeness (QED) is 0.870. The number of hydrogen-bond acceptors (Lipinski definition) is 2. The molecule has 0 unspecified atom stereocenters. The second-order valence-corrected chi connectivity index (χ2v) is 4.58. The van der Waals surface area contributed by atoms with Crippen molar-refractivity contribution in [2.45, 2.75) is 19.4 Å². The third-order valence-corrected chi connectivity index (χ3v) is 3.08. The number of aryl methyl sites for hydroxylation is 1. The zero-order valence-corrected chi connectivity index (χ0v) is 10.9. The number of carboxylic acids is 1. The second-order valence-electron chi connectivity index (χ2n) is 4.58. The van der Waals surface area contributed by atoms with Crippen LogP contribution in [-0.4, -0.2) is 27.6 Å². The Bertz CT molecular complexity index is 631. The summed E-state index contributed by atoms with van der Waals surface area (Å²) in [5.74, 6) is -1.37. The normalized spacial score (nSPS) is 12.3. The van der Waals surface area contributed by atoms with Gasteiger partial charge in [0.25, 0.3) is 0 Å². The number of hydrogen-bond donors (Lipinski definition) is 2. The average Bonchev–Trinajstić information content (AvgIpc) is 2.66. The van der Waals surface area contributed by atoms with Gasteiger partial charge in [-0.15, -0.1) is 0 Å². The average molecular weight is 260 g/mol. The van der Waals surface area contributed by atoms with Crippen molar-refractivity contribution >= 4 is 22.8 Å². The number of amides is 1. The molecule has 0 spiro atoms. The van der Waals surface area contributed by atoms with Crippen LogP contribution in [-0.2, 0) is 23.1 Å². The third kappa shape index (κ3) is 2.76. The fraction of sp³-hybridized carbons (Fsp3) is 0.286. The van der Waals surface area contributed by atoms with Crippen molar-refractivity contribution in [2.75, 3.05) is 0 Å². The van der Waals surface area contributed by atoms with Crippen molar-refractivity contribution in [3.05, 3.63) is 36.0 Å². The molecule has 0 saturated heterocycles. The maximum absolute atomic E-state index is 11.2. The Balaban J connectivity index is 2.34. The first-order valence-corrected chi connectivity index (χ1v) is 6.02. The number of carbonyl (C=O) groups is 2. The molecule has 0 aliphatic rings. The van der Waals surface area contributed by atoms with Crippen LogP contribution in [0.4, 0.5) is 0 Å². The van der Waals surface area contributed by atoms with E-state index >= 15 is 0 Å². The van der Waals surface area contributed by atoms with Gasteiger partial charge in [-0.05, 0) is 11.6 Å². The van der Waals surface area contributed by atoms with Crippen molar-refractivity contribution < 1.29 is 14.7 Å². The molecule has 1 aromatic heterocycles. The van der Waals surface area contributed by atoms with Crippen LogP contribution < -0.4 is 5.32 Å². The summed E-state index contributed by atoms with van der Waals surface area (Å²) in [6, 6.07) is 6.89. The van der Waals surface area contributed by atoms with E-state index in [9.17, 15) is 9.59 Å². The van der Waals surface area contributed by atoms with E-state index in [1.165, 1.54) is 6.92 Å². The number of carboxylic acid groups (broad SMARTS) is 1. The maximum atomic E-state index is 11.2. The molecule has 2 N–H and O–H groups in total. The van der Waals surface area contributed by atoms with Crippen LogP contribution in [0, 0.1) is 0 Å². The van der Waals surface area contributed by atoms with Gasteiger partial charge >= 0.3 is 5.97 Å². The van der Waals surface area contributed by atoms with Gasteiger partial charge in [-0.1, -0.05) is 18.2 Å². The maximum Gasteiger partial charge on any atom is 0.326 e. The summed E-state index contributed by atoms with van der Waals surface area (Å²) in [4.78, 5) is 22.2. The smallest absolute Gasteiger partial charge is 0.326 e. The van der Waals surface area contributed by atoms with E-state index < -0.39 is 12.0 Å². The molecule has 5 nitrogen and oxygen atoms in total. The molecule has 1 amide bonds. The lowest BCUT2D eigenvalue weighted by Crippen LogP contribution is -2.41. The number of para-hydroxylation sites is 1. The molecule has 0 bridgehead atoms. The Morgan fingerprint density at radius 2 is 2.05 bits per heavy atom. The molecule has 5 heteroatoms. The fourth-order valence-electron chi connectivity index (χ4n) is 2.25. The van der Waals surface area contributed by atoms with Gasteiger partial charge in [0.2, 0.25) is 5.91 Å². The van der Waals surface area contributed by atoms with E-state index in [1.807, 2.05) is 42.1 Å². The van der Waals surface area contributed by atoms with Gasteiger partial charge in [0, 0.05) is 37.5 Å². The van der Waals surface area contributed by atoms with Crippen LogP contribution in [0.5, 0.6) is 0 Å². The molecule has 0 aliphatic carbocycles. The SMILES string of the molecule is CC(=O)N[C@@H](Cc1cn(C)c2ccccc12)C(=O)O. The van der Waals surface area contributed by atoms with Crippen molar-refractivity contribution in [3.8, 4) is 0 Å². The molecular weight excluding hydrogens is 244 g/mol. The summed E-state index contributed by atoms with van der Waals surface area (Å²) in [6.45, 7) is 1.32. The van der Waals surface area contributed by atoms with Gasteiger partial charge in [-0.3, -0.25) is 4.79 Å². The van der Waals surface area contributed by atoms with Crippen LogP contribution in [0.2, 0.25) is 0 Å². The number of fused-ring (bicyclic) bond motifs is 1. The molecule has 1 aromatic carbocycles. The number of benzene rings is 1. The van der Waals surface area contributed by atoms with Gasteiger partial charge in [-0.2, -0.15) is 0 Å². The highest BCUT2D eigenvalue weighted by molar-refractivity contribution is 5.86. The Hall–Kier alpha value is -2.30. The monoisotopic (exact) mass is 260 g/mol. The van der Waals surface area contributed by atoms with E-state index in [1.54, 1.807) is 0 Å². The van der Waals surface area contributed by atoms with Crippen LogP contribution in [0.15, 0.2) is 30.5 Å². The molecule has 2 aromatic rings. The molecule has 1 heterocycles. The summed E-state index contributed by atoms with van der Waals surface area (Å²) in [7, 11) is 1.92. The standard InChI is InChI=1S/C14H16N2O3/c1-9(17)15-12(14(18)19)7-10-8-16(2)13-6-4-3-5-11(10)13/h3-6,8,12H,7H2,1-2H3,(H,15,17)(H,18,19)/t12-/m0/s1. The van der Waals surface area contributed by atoms with E-state index in [2.05, 4.69) is 5.32 Å². The Morgan fingerprint density at radius 1 is 1.37 bits per heavy atom. The minimum absolute atomic E-state index is 0.274. The number of carbonyl (C=O) groups excluding carboxylic acids is 1. The number of aromatic nitrogens is 1. The van der Waals surface area contributed by atoms with Gasteiger partial charge < -0.3 is 15.0 Å². The number of rotatable bonds is 4. The predicted octanol–water partition coefficient (Wildman–Crippen LogP) is 1.31. The fourth-order valence-corrected chi connectivity index (χ4v) is 2.25. The van der Waals surface area contributed by atoms with E-state index in [0.717, 1.165) is 16.5 Å². The Kier molecular flexibility index (Phi) is 3.55. The molecule has 19 heavy (non-hydrogen) atoms. The van der Waals surface area contributed by atoms with Crippen LogP contribution in [0.3, 0.4) is 0 Å². The molecule has 0 fully saturated rings. The summed E-state index contributed by atoms with van der Waals surface area (Å²) in [5, 5.41) is 12.6. The summed E-state index contributed by atoms with van der Waals surface area (Å²) in [5.41, 5.74) is 1.96. The third-order valence-electron chi connectivity index (χ3n) is 3.08. The summed E-state index contributed by atoms with van der Waals surface area (Å²) < 4.78 is 1.96. The summed E-state index contributed by atoms with van der Waals surface area (Å²) >= 11 is 0. The van der Waals surface area contributed by atoms with Gasteiger partial charge in [-0.25, -0.2) is 4.79 Å². The molecule has 2 rings (SSSR count). The second kappa shape index (κ2) is 5.14. The molecule has 0 saturated carbocycles. The summed E-state index contributed by atoms with van der Waals surface area (Å²) in [6.07, 6.45) is 2.18. The number of aliphatic carboxylic acids is 1. The lowest BCUT2D eigenvalue weighted by molar-refractivity contribution is -0.141. The zero-order valence-electron chi connectivity index (χ0n) is 10.9. The minimum Gasteiger partial charge on any atom is -0.480 e. The van der Waals surface area contributed by atoms with Gasteiger partial charge in [0.15, 0.2) is 0 Å². The molecule has 100 valence electrons. The highest BCUT2D eigenvalue weighted by Crippen LogP contribution is 2.21. The van der Waals surface area contributed by atoms with E-state index in [4.69, 9.17) is 5.11 Å². The highest BCUT2D eigenvalue weighted by Gasteiger charge is 2.20. The van der Waals surface area contributed by atoms with Crippen molar-refractivity contribution in [1.29, 1.82) is 0 Å². The molecule has 0 aliphatic heterocycles. The first-order chi connectivity index (χ1) is 8.99. The lowest BCUT2D eigenvalue weighted by atomic mass is 10.1. The first-order valence-electron chi connectivity index (χ1n) is 6.02. The first kappa shape index (κ1) is 13.1. The van der Waals surface area contributed by atoms with Crippen LogP contribution >= 0.6 is 0 Å². The van der Waals surface area contributed by atoms with Gasteiger partial charge in [0.1, 0.15) is 6.04 Å².